The highest BCUT2D eigenvalue weighted by Gasteiger charge is 2.10. The Morgan fingerprint density at radius 2 is 0.778 bits per heavy atom. The van der Waals surface area contributed by atoms with Crippen molar-refractivity contribution in [3.8, 4) is 0 Å². The fraction of sp³-hybridized carbons (Fsp3) is 0.857. The molecule has 1 heterocycles. The summed E-state index contributed by atoms with van der Waals surface area (Å²) < 4.78 is 2.50. The number of aryl methyl sites for hydroxylation is 3. The first-order chi connectivity index (χ1) is 17.8. The van der Waals surface area contributed by atoms with Crippen LogP contribution >= 0.6 is 0 Å². The van der Waals surface area contributed by atoms with E-state index in [0.29, 0.717) is 0 Å². The number of nitrogens with zero attached hydrogens (tertiary/aromatic N) is 1. The lowest BCUT2D eigenvalue weighted by atomic mass is 9.98. The van der Waals surface area contributed by atoms with Crippen molar-refractivity contribution in [1.29, 1.82) is 0 Å². The van der Waals surface area contributed by atoms with Crippen LogP contribution in [-0.4, -0.2) is 0 Å². The fourth-order valence-electron chi connectivity index (χ4n) is 5.55. The molecule has 0 saturated carbocycles. The minimum Gasteiger partial charge on any atom is -0.205 e. The third-order valence-electron chi connectivity index (χ3n) is 8.07. The van der Waals surface area contributed by atoms with Crippen LogP contribution in [0.25, 0.3) is 0 Å². The molecule has 0 aliphatic carbocycles. The van der Waals surface area contributed by atoms with Gasteiger partial charge in [-0.1, -0.05) is 149 Å². The molecule has 0 amide bonds. The highest BCUT2D eigenvalue weighted by atomic mass is 14.9. The molecular weight excluding hydrogens is 434 g/mol. The number of hydrogen-bond acceptors (Lipinski definition) is 0. The van der Waals surface area contributed by atoms with Gasteiger partial charge in [0.1, 0.15) is 6.54 Å². The third-order valence-corrected chi connectivity index (χ3v) is 8.07. The molecule has 0 atom stereocenters. The standard InChI is InChI=1S/C35H66N/c1-4-7-10-13-14-15-16-17-18-19-20-21-24-27-31-36-32-30-34(28-25-22-11-8-5-2)35(33-36)29-26-23-12-9-6-3/h30,32-33H,4-29,31H2,1-3H3/q+1. The first-order valence-electron chi connectivity index (χ1n) is 16.8. The number of pyridine rings is 1. The summed E-state index contributed by atoms with van der Waals surface area (Å²) in [6.45, 7) is 8.14. The summed E-state index contributed by atoms with van der Waals surface area (Å²) >= 11 is 0. The van der Waals surface area contributed by atoms with Crippen LogP contribution in [0.1, 0.15) is 186 Å². The molecule has 0 aliphatic heterocycles. The third kappa shape index (κ3) is 19.3. The van der Waals surface area contributed by atoms with E-state index < -0.39 is 0 Å². The highest BCUT2D eigenvalue weighted by molar-refractivity contribution is 5.21. The lowest BCUT2D eigenvalue weighted by Gasteiger charge is -2.09. The van der Waals surface area contributed by atoms with E-state index >= 15 is 0 Å². The molecule has 1 aromatic rings. The van der Waals surface area contributed by atoms with Crippen LogP contribution < -0.4 is 4.57 Å². The predicted molar refractivity (Wildman–Crippen MR) is 162 cm³/mol. The molecule has 1 aromatic heterocycles. The Morgan fingerprint density at radius 3 is 1.22 bits per heavy atom. The van der Waals surface area contributed by atoms with Gasteiger partial charge in [0.15, 0.2) is 12.4 Å². The van der Waals surface area contributed by atoms with E-state index in [1.54, 1.807) is 11.1 Å². The van der Waals surface area contributed by atoms with Crippen LogP contribution in [0.15, 0.2) is 18.5 Å². The first-order valence-corrected chi connectivity index (χ1v) is 16.8. The Hall–Kier alpha value is -0.850. The van der Waals surface area contributed by atoms with Crippen molar-refractivity contribution in [3.63, 3.8) is 0 Å². The second-order valence-electron chi connectivity index (χ2n) is 11.7. The molecule has 0 fully saturated rings. The summed E-state index contributed by atoms with van der Waals surface area (Å²) in [7, 11) is 0. The fourth-order valence-corrected chi connectivity index (χ4v) is 5.55. The van der Waals surface area contributed by atoms with Gasteiger partial charge in [0.2, 0.25) is 0 Å². The molecule has 1 nitrogen and oxygen atoms in total. The molecule has 0 saturated heterocycles. The Morgan fingerprint density at radius 1 is 0.417 bits per heavy atom. The minimum atomic E-state index is 1.21. The maximum atomic E-state index is 2.52. The van der Waals surface area contributed by atoms with Crippen LogP contribution in [0.5, 0.6) is 0 Å². The number of rotatable bonds is 27. The number of hydrogen-bond donors (Lipinski definition) is 0. The minimum absolute atomic E-state index is 1.21. The van der Waals surface area contributed by atoms with Gasteiger partial charge in [-0.2, -0.15) is 0 Å². The normalized spacial score (nSPS) is 11.4. The zero-order valence-electron chi connectivity index (χ0n) is 25.3. The van der Waals surface area contributed by atoms with Gasteiger partial charge in [-0.25, -0.2) is 4.57 Å². The largest absolute Gasteiger partial charge is 0.205 e. The van der Waals surface area contributed by atoms with Crippen molar-refractivity contribution in [1.82, 2.24) is 0 Å². The van der Waals surface area contributed by atoms with Crippen molar-refractivity contribution in [3.05, 3.63) is 29.6 Å². The monoisotopic (exact) mass is 501 g/mol. The van der Waals surface area contributed by atoms with E-state index in [1.807, 2.05) is 0 Å². The first kappa shape index (κ1) is 33.2. The molecule has 210 valence electrons. The Labute approximate surface area is 228 Å². The molecule has 0 spiro atoms. The quantitative estimate of drug-likeness (QED) is 0.0835. The smallest absolute Gasteiger partial charge is 0.172 e. The molecule has 0 unspecified atom stereocenters. The van der Waals surface area contributed by atoms with Gasteiger partial charge in [-0.05, 0) is 37.7 Å². The Bertz CT molecular complexity index is 578. The summed E-state index contributed by atoms with van der Waals surface area (Å²) in [6, 6.07) is 2.46. The molecule has 0 radical (unpaired) electrons. The Balaban J connectivity index is 2.22. The van der Waals surface area contributed by atoms with Crippen LogP contribution in [0.2, 0.25) is 0 Å². The van der Waals surface area contributed by atoms with E-state index in [0.717, 1.165) is 0 Å². The van der Waals surface area contributed by atoms with E-state index in [9.17, 15) is 0 Å². The van der Waals surface area contributed by atoms with Crippen LogP contribution in [-0.2, 0) is 19.4 Å². The zero-order valence-corrected chi connectivity index (χ0v) is 25.3. The summed E-state index contributed by atoms with van der Waals surface area (Å²) in [5.74, 6) is 0. The van der Waals surface area contributed by atoms with Gasteiger partial charge in [0.25, 0.3) is 0 Å². The van der Waals surface area contributed by atoms with E-state index in [-0.39, 0.29) is 0 Å². The van der Waals surface area contributed by atoms with Gasteiger partial charge >= 0.3 is 0 Å². The number of unbranched alkanes of at least 4 members (excludes halogenated alkanes) is 21. The predicted octanol–water partition coefficient (Wildman–Crippen LogP) is 11.5. The molecular formula is C35H66N+. The average Bonchev–Trinajstić information content (AvgIpc) is 2.89. The second-order valence-corrected chi connectivity index (χ2v) is 11.7. The van der Waals surface area contributed by atoms with Crippen molar-refractivity contribution < 1.29 is 4.57 Å². The van der Waals surface area contributed by atoms with Crippen LogP contribution in [0, 0.1) is 0 Å². The highest BCUT2D eigenvalue weighted by Crippen LogP contribution is 2.17. The van der Waals surface area contributed by atoms with Gasteiger partial charge in [-0.3, -0.25) is 0 Å². The summed E-state index contributed by atoms with van der Waals surface area (Å²) in [5.41, 5.74) is 3.29. The molecule has 1 heteroatoms. The van der Waals surface area contributed by atoms with Crippen LogP contribution in [0.4, 0.5) is 0 Å². The van der Waals surface area contributed by atoms with Gasteiger partial charge in [0, 0.05) is 18.1 Å². The molecule has 0 aliphatic rings. The molecule has 1 rings (SSSR count). The maximum absolute atomic E-state index is 2.52. The summed E-state index contributed by atoms with van der Waals surface area (Å²) in [6.07, 6.45) is 41.4. The Kier molecular flexibility index (Phi) is 23.8. The lowest BCUT2D eigenvalue weighted by molar-refractivity contribution is -0.697. The van der Waals surface area contributed by atoms with Crippen molar-refractivity contribution in [2.45, 2.75) is 194 Å². The summed E-state index contributed by atoms with van der Waals surface area (Å²) in [4.78, 5) is 0. The molecule has 0 N–H and O–H groups in total. The number of aromatic nitrogens is 1. The van der Waals surface area contributed by atoms with Gasteiger partial charge in [-0.15, -0.1) is 0 Å². The van der Waals surface area contributed by atoms with Crippen molar-refractivity contribution in [2.24, 2.45) is 0 Å². The molecule has 0 aromatic carbocycles. The van der Waals surface area contributed by atoms with E-state index in [4.69, 9.17) is 0 Å². The average molecular weight is 501 g/mol. The maximum Gasteiger partial charge on any atom is 0.172 e. The topological polar surface area (TPSA) is 3.88 Å². The molecule has 0 bridgehead atoms. The van der Waals surface area contributed by atoms with Gasteiger partial charge in [0.05, 0.1) is 0 Å². The van der Waals surface area contributed by atoms with Crippen molar-refractivity contribution >= 4 is 0 Å². The van der Waals surface area contributed by atoms with Crippen molar-refractivity contribution in [2.75, 3.05) is 0 Å². The summed E-state index contributed by atoms with van der Waals surface area (Å²) in [5, 5.41) is 0. The SMILES string of the molecule is CCCCCCCCCCCCCCCC[n+]1ccc(CCCCCCC)c(CCCCCCC)c1. The zero-order chi connectivity index (χ0) is 25.9. The second kappa shape index (κ2) is 25.8. The van der Waals surface area contributed by atoms with Gasteiger partial charge < -0.3 is 0 Å². The lowest BCUT2D eigenvalue weighted by Crippen LogP contribution is -2.34. The van der Waals surface area contributed by atoms with Crippen LogP contribution in [0.3, 0.4) is 0 Å². The molecule has 36 heavy (non-hydrogen) atoms. The van der Waals surface area contributed by atoms with E-state index in [1.165, 1.54) is 173 Å². The van der Waals surface area contributed by atoms with E-state index in [2.05, 4.69) is 43.8 Å².